The van der Waals surface area contributed by atoms with Crippen LogP contribution in [0.1, 0.15) is 41.0 Å². The van der Waals surface area contributed by atoms with Gasteiger partial charge in [0.1, 0.15) is 6.10 Å². The molecule has 0 heterocycles. The van der Waals surface area contributed by atoms with E-state index in [0.717, 1.165) is 6.42 Å². The van der Waals surface area contributed by atoms with Crippen LogP contribution in [0.25, 0.3) is 0 Å². The van der Waals surface area contributed by atoms with Gasteiger partial charge < -0.3 is 4.74 Å². The van der Waals surface area contributed by atoms with Gasteiger partial charge in [-0.25, -0.2) is 0 Å². The van der Waals surface area contributed by atoms with Crippen LogP contribution in [0.2, 0.25) is 0 Å². The van der Waals surface area contributed by atoms with Gasteiger partial charge in [-0.3, -0.25) is 4.79 Å². The van der Waals surface area contributed by atoms with Gasteiger partial charge in [0, 0.05) is 11.8 Å². The Balaban J connectivity index is 2.11. The summed E-state index contributed by atoms with van der Waals surface area (Å²) in [5, 5.41) is 0. The summed E-state index contributed by atoms with van der Waals surface area (Å²) in [6.45, 7) is 10.5. The molecule has 0 aliphatic heterocycles. The van der Waals surface area contributed by atoms with Gasteiger partial charge in [0.05, 0.1) is 5.92 Å². The molecule has 1 unspecified atom stereocenters. The van der Waals surface area contributed by atoms with Crippen LogP contribution in [-0.4, -0.2) is 12.1 Å². The minimum absolute atomic E-state index is 0.0197. The van der Waals surface area contributed by atoms with E-state index in [0.29, 0.717) is 17.3 Å². The smallest absolute Gasteiger partial charge is 0.308 e. The Hall–Kier alpha value is -0.790. The van der Waals surface area contributed by atoms with Gasteiger partial charge in [-0.15, -0.1) is 0 Å². The molecule has 0 saturated heterocycles. The first-order valence-corrected chi connectivity index (χ1v) is 6.23. The van der Waals surface area contributed by atoms with E-state index in [9.17, 15) is 4.79 Å². The molecule has 1 saturated carbocycles. The topological polar surface area (TPSA) is 26.3 Å². The Morgan fingerprint density at radius 2 is 2.12 bits per heavy atom. The molecule has 0 aromatic carbocycles. The molecule has 90 valence electrons. The first-order valence-electron chi connectivity index (χ1n) is 6.23. The summed E-state index contributed by atoms with van der Waals surface area (Å²) >= 11 is 0. The van der Waals surface area contributed by atoms with Crippen LogP contribution in [0.4, 0.5) is 0 Å². The molecule has 2 heteroatoms. The summed E-state index contributed by atoms with van der Waals surface area (Å²) in [6, 6.07) is 0. The molecule has 3 aliphatic carbocycles. The lowest BCUT2D eigenvalue weighted by Crippen LogP contribution is -2.61. The predicted molar refractivity (Wildman–Crippen MR) is 63.9 cm³/mol. The summed E-state index contributed by atoms with van der Waals surface area (Å²) in [5.41, 5.74) is 1.70. The maximum Gasteiger partial charge on any atom is 0.308 e. The van der Waals surface area contributed by atoms with E-state index in [1.807, 2.05) is 13.8 Å². The SMILES string of the molecule is CC1=CC[C@@H]2C(OC(=O)C(C)C)[C@@H]1C2(C)C. The maximum absolute atomic E-state index is 11.7. The first-order chi connectivity index (χ1) is 7.35. The zero-order chi connectivity index (χ0) is 12.1. The van der Waals surface area contributed by atoms with Crippen molar-refractivity contribution in [2.45, 2.75) is 47.1 Å². The van der Waals surface area contributed by atoms with Gasteiger partial charge in [-0.1, -0.05) is 39.3 Å². The molecule has 16 heavy (non-hydrogen) atoms. The van der Waals surface area contributed by atoms with Crippen molar-refractivity contribution in [3.05, 3.63) is 11.6 Å². The predicted octanol–water partition coefficient (Wildman–Crippen LogP) is 3.18. The quantitative estimate of drug-likeness (QED) is 0.530. The van der Waals surface area contributed by atoms with Crippen molar-refractivity contribution in [1.82, 2.24) is 0 Å². The van der Waals surface area contributed by atoms with Crippen LogP contribution >= 0.6 is 0 Å². The minimum atomic E-state index is -0.0507. The first kappa shape index (κ1) is 11.7. The zero-order valence-corrected chi connectivity index (χ0v) is 10.9. The Morgan fingerprint density at radius 3 is 2.56 bits per heavy atom. The lowest BCUT2D eigenvalue weighted by atomic mass is 9.47. The second kappa shape index (κ2) is 3.61. The van der Waals surface area contributed by atoms with Gasteiger partial charge in [-0.2, -0.15) is 0 Å². The van der Waals surface area contributed by atoms with Gasteiger partial charge in [0.15, 0.2) is 0 Å². The number of carbonyl (C=O) groups is 1. The molecule has 3 rings (SSSR count). The standard InChI is InChI=1S/C14H22O2/c1-8(2)13(15)16-12-10-7-6-9(3)11(12)14(10,4)5/h6,8,10-12H,7H2,1-5H3/t10-,11-,12?/m1/s1. The van der Waals surface area contributed by atoms with Gasteiger partial charge >= 0.3 is 5.97 Å². The fourth-order valence-corrected chi connectivity index (χ4v) is 3.34. The second-order valence-electron chi connectivity index (χ2n) is 6.15. The number of hydrogen-bond acceptors (Lipinski definition) is 2. The Kier molecular flexibility index (Phi) is 2.64. The number of ether oxygens (including phenoxy) is 1. The van der Waals surface area contributed by atoms with E-state index in [2.05, 4.69) is 26.8 Å². The number of carbonyl (C=O) groups excluding carboxylic acids is 1. The number of rotatable bonds is 2. The van der Waals surface area contributed by atoms with E-state index >= 15 is 0 Å². The molecule has 0 aromatic rings. The maximum atomic E-state index is 11.7. The largest absolute Gasteiger partial charge is 0.461 e. The third-order valence-electron chi connectivity index (χ3n) is 4.39. The molecule has 1 fully saturated rings. The molecular weight excluding hydrogens is 200 g/mol. The number of fused-ring (bicyclic) bond motifs is 1. The van der Waals surface area contributed by atoms with Crippen molar-refractivity contribution in [3.8, 4) is 0 Å². The monoisotopic (exact) mass is 222 g/mol. The van der Waals surface area contributed by atoms with Crippen LogP contribution < -0.4 is 0 Å². The van der Waals surface area contributed by atoms with Crippen molar-refractivity contribution in [1.29, 1.82) is 0 Å². The van der Waals surface area contributed by atoms with Crippen molar-refractivity contribution in [3.63, 3.8) is 0 Å². The Morgan fingerprint density at radius 1 is 1.50 bits per heavy atom. The molecule has 0 spiro atoms. The minimum Gasteiger partial charge on any atom is -0.461 e. The molecule has 3 atom stereocenters. The van der Waals surface area contributed by atoms with Crippen LogP contribution in [0.3, 0.4) is 0 Å². The van der Waals surface area contributed by atoms with E-state index in [-0.39, 0.29) is 18.0 Å². The summed E-state index contributed by atoms with van der Waals surface area (Å²) in [6.07, 6.45) is 3.50. The van der Waals surface area contributed by atoms with Gasteiger partial charge in [-0.05, 0) is 18.8 Å². The summed E-state index contributed by atoms with van der Waals surface area (Å²) in [7, 11) is 0. The van der Waals surface area contributed by atoms with Gasteiger partial charge in [0.25, 0.3) is 0 Å². The summed E-state index contributed by atoms with van der Waals surface area (Å²) in [4.78, 5) is 11.7. The van der Waals surface area contributed by atoms with E-state index < -0.39 is 0 Å². The number of allylic oxidation sites excluding steroid dienone is 1. The van der Waals surface area contributed by atoms with Crippen molar-refractivity contribution in [2.24, 2.45) is 23.2 Å². The highest BCUT2D eigenvalue weighted by Gasteiger charge is 2.60. The molecular formula is C14H22O2. The van der Waals surface area contributed by atoms with Crippen molar-refractivity contribution in [2.75, 3.05) is 0 Å². The normalized spacial score (nSPS) is 35.4. The van der Waals surface area contributed by atoms with E-state index in [1.54, 1.807) is 0 Å². The van der Waals surface area contributed by atoms with E-state index in [4.69, 9.17) is 4.74 Å². The third kappa shape index (κ3) is 1.50. The van der Waals surface area contributed by atoms with Crippen LogP contribution in [-0.2, 0) is 9.53 Å². The van der Waals surface area contributed by atoms with Crippen LogP contribution in [0.5, 0.6) is 0 Å². The number of hydrogen-bond donors (Lipinski definition) is 0. The van der Waals surface area contributed by atoms with Crippen molar-refractivity contribution >= 4 is 5.97 Å². The summed E-state index contributed by atoms with van der Waals surface area (Å²) in [5.74, 6) is 0.886. The fraction of sp³-hybridized carbons (Fsp3) is 0.786. The average Bonchev–Trinajstić information content (AvgIpc) is 2.16. The molecule has 0 amide bonds. The average molecular weight is 222 g/mol. The third-order valence-corrected chi connectivity index (χ3v) is 4.39. The molecule has 2 bridgehead atoms. The number of esters is 1. The highest BCUT2D eigenvalue weighted by atomic mass is 16.5. The molecule has 0 radical (unpaired) electrons. The highest BCUT2D eigenvalue weighted by molar-refractivity contribution is 5.72. The molecule has 3 aliphatic rings. The Labute approximate surface area is 98.1 Å². The lowest BCUT2D eigenvalue weighted by molar-refractivity contribution is -0.195. The van der Waals surface area contributed by atoms with Gasteiger partial charge in [0.2, 0.25) is 0 Å². The van der Waals surface area contributed by atoms with Crippen molar-refractivity contribution < 1.29 is 9.53 Å². The molecule has 0 N–H and O–H groups in total. The van der Waals surface area contributed by atoms with E-state index in [1.165, 1.54) is 5.57 Å². The highest BCUT2D eigenvalue weighted by Crippen LogP contribution is 2.60. The molecule has 2 nitrogen and oxygen atoms in total. The summed E-state index contributed by atoms with van der Waals surface area (Å²) < 4.78 is 5.64. The fourth-order valence-electron chi connectivity index (χ4n) is 3.34. The Bertz CT molecular complexity index is 339. The molecule has 0 aromatic heterocycles. The van der Waals surface area contributed by atoms with Crippen LogP contribution in [0, 0.1) is 23.2 Å². The second-order valence-corrected chi connectivity index (χ2v) is 6.15. The lowest BCUT2D eigenvalue weighted by Gasteiger charge is -2.60. The zero-order valence-electron chi connectivity index (χ0n) is 10.9. The van der Waals surface area contributed by atoms with Crippen LogP contribution in [0.15, 0.2) is 11.6 Å².